The average molecular weight is 231 g/mol. The second-order valence-electron chi connectivity index (χ2n) is 5.97. The molecule has 0 atom stereocenters. The van der Waals surface area contributed by atoms with Gasteiger partial charge in [0.2, 0.25) is 0 Å². The summed E-state index contributed by atoms with van der Waals surface area (Å²) in [4.78, 5) is 17.1. The molecule has 4 nitrogen and oxygen atoms in total. The van der Waals surface area contributed by atoms with Crippen LogP contribution in [0.5, 0.6) is 0 Å². The SMILES string of the molecule is CNOC(C)(C)C(=O)OC(C)(C)C(C)(C)C. The summed E-state index contributed by atoms with van der Waals surface area (Å²) in [7, 11) is 1.62. The Morgan fingerprint density at radius 3 is 1.75 bits per heavy atom. The third kappa shape index (κ3) is 3.76. The lowest BCUT2D eigenvalue weighted by molar-refractivity contribution is -0.197. The molecule has 0 fully saturated rings. The molecule has 16 heavy (non-hydrogen) atoms. The molecule has 96 valence electrons. The number of hydrogen-bond donors (Lipinski definition) is 1. The Labute approximate surface area is 98.6 Å². The Morgan fingerprint density at radius 2 is 1.44 bits per heavy atom. The van der Waals surface area contributed by atoms with Crippen molar-refractivity contribution in [3.63, 3.8) is 0 Å². The number of nitrogens with one attached hydrogen (secondary N) is 1. The molecule has 0 amide bonds. The third-order valence-electron chi connectivity index (χ3n) is 3.00. The number of ether oxygens (including phenoxy) is 1. The fourth-order valence-electron chi connectivity index (χ4n) is 0.805. The lowest BCUT2D eigenvalue weighted by Crippen LogP contribution is -2.48. The van der Waals surface area contributed by atoms with Crippen LogP contribution in [0.2, 0.25) is 0 Å². The molecule has 0 aromatic heterocycles. The van der Waals surface area contributed by atoms with Gasteiger partial charge in [0.15, 0.2) is 5.60 Å². The molecule has 0 saturated heterocycles. The van der Waals surface area contributed by atoms with E-state index >= 15 is 0 Å². The van der Waals surface area contributed by atoms with E-state index in [1.165, 1.54) is 0 Å². The van der Waals surface area contributed by atoms with E-state index in [-0.39, 0.29) is 11.4 Å². The highest BCUT2D eigenvalue weighted by atomic mass is 16.7. The van der Waals surface area contributed by atoms with Gasteiger partial charge in [0.1, 0.15) is 5.60 Å². The maximum absolute atomic E-state index is 11.9. The van der Waals surface area contributed by atoms with Crippen LogP contribution in [0.25, 0.3) is 0 Å². The molecule has 0 aromatic carbocycles. The van der Waals surface area contributed by atoms with Gasteiger partial charge in [0, 0.05) is 12.5 Å². The number of rotatable bonds is 4. The molecule has 0 rings (SSSR count). The lowest BCUT2D eigenvalue weighted by atomic mass is 9.79. The van der Waals surface area contributed by atoms with Crippen LogP contribution in [0.4, 0.5) is 0 Å². The first-order chi connectivity index (χ1) is 6.94. The number of esters is 1. The second kappa shape index (κ2) is 4.72. The molecule has 0 heterocycles. The van der Waals surface area contributed by atoms with Crippen molar-refractivity contribution in [2.24, 2.45) is 5.41 Å². The maximum atomic E-state index is 11.9. The number of carbonyl (C=O) groups is 1. The summed E-state index contributed by atoms with van der Waals surface area (Å²) in [6, 6.07) is 0. The topological polar surface area (TPSA) is 47.6 Å². The molecular weight excluding hydrogens is 206 g/mol. The van der Waals surface area contributed by atoms with E-state index in [1.54, 1.807) is 20.9 Å². The molecular formula is C12H25NO3. The van der Waals surface area contributed by atoms with E-state index in [0.717, 1.165) is 0 Å². The Bertz CT molecular complexity index is 251. The number of hydroxylamine groups is 1. The van der Waals surface area contributed by atoms with Crippen LogP contribution >= 0.6 is 0 Å². The van der Waals surface area contributed by atoms with Crippen molar-refractivity contribution in [3.8, 4) is 0 Å². The van der Waals surface area contributed by atoms with Crippen molar-refractivity contribution in [1.29, 1.82) is 0 Å². The second-order valence-corrected chi connectivity index (χ2v) is 5.97. The molecule has 0 spiro atoms. The lowest BCUT2D eigenvalue weighted by Gasteiger charge is -2.39. The molecule has 0 saturated carbocycles. The van der Waals surface area contributed by atoms with E-state index in [9.17, 15) is 4.79 Å². The standard InChI is InChI=1S/C12H25NO3/c1-10(2,3)12(6,7)15-9(14)11(4,5)16-13-8/h13H,1-8H3. The summed E-state index contributed by atoms with van der Waals surface area (Å²) in [5.74, 6) is -0.373. The van der Waals surface area contributed by atoms with Crippen molar-refractivity contribution in [1.82, 2.24) is 5.48 Å². The molecule has 0 bridgehead atoms. The van der Waals surface area contributed by atoms with Crippen molar-refractivity contribution in [2.75, 3.05) is 7.05 Å². The highest BCUT2D eigenvalue weighted by Crippen LogP contribution is 2.34. The molecule has 0 aliphatic heterocycles. The van der Waals surface area contributed by atoms with Gasteiger partial charge in [0.05, 0.1) is 0 Å². The predicted molar refractivity (Wildman–Crippen MR) is 63.8 cm³/mol. The minimum atomic E-state index is -0.989. The summed E-state index contributed by atoms with van der Waals surface area (Å²) >= 11 is 0. The van der Waals surface area contributed by atoms with Crippen molar-refractivity contribution in [2.45, 2.75) is 59.7 Å². The summed E-state index contributed by atoms with van der Waals surface area (Å²) in [5, 5.41) is 0. The van der Waals surface area contributed by atoms with Gasteiger partial charge in [-0.1, -0.05) is 20.8 Å². The van der Waals surface area contributed by atoms with E-state index in [4.69, 9.17) is 9.57 Å². The van der Waals surface area contributed by atoms with E-state index in [2.05, 4.69) is 5.48 Å². The maximum Gasteiger partial charge on any atom is 0.340 e. The van der Waals surface area contributed by atoms with E-state index in [0.29, 0.717) is 0 Å². The molecule has 4 heteroatoms. The minimum absolute atomic E-state index is 0.127. The quantitative estimate of drug-likeness (QED) is 0.595. The summed E-state index contributed by atoms with van der Waals surface area (Å²) in [5.41, 5.74) is 0.854. The van der Waals surface area contributed by atoms with Crippen LogP contribution in [0.3, 0.4) is 0 Å². The summed E-state index contributed by atoms with van der Waals surface area (Å²) in [6.45, 7) is 13.3. The first-order valence-electron chi connectivity index (χ1n) is 5.52. The highest BCUT2D eigenvalue weighted by molar-refractivity contribution is 5.79. The molecule has 0 unspecified atom stereocenters. The molecule has 0 aliphatic rings. The highest BCUT2D eigenvalue weighted by Gasteiger charge is 2.41. The van der Waals surface area contributed by atoms with Crippen LogP contribution < -0.4 is 5.48 Å². The summed E-state index contributed by atoms with van der Waals surface area (Å²) in [6.07, 6.45) is 0. The predicted octanol–water partition coefficient (Wildman–Crippen LogP) is 2.28. The Morgan fingerprint density at radius 1 is 1.00 bits per heavy atom. The van der Waals surface area contributed by atoms with Crippen molar-refractivity contribution >= 4 is 5.97 Å². The number of carbonyl (C=O) groups excluding carboxylic acids is 1. The van der Waals surface area contributed by atoms with Crippen molar-refractivity contribution in [3.05, 3.63) is 0 Å². The largest absolute Gasteiger partial charge is 0.457 e. The number of hydrogen-bond acceptors (Lipinski definition) is 4. The fourth-order valence-corrected chi connectivity index (χ4v) is 0.805. The fraction of sp³-hybridized carbons (Fsp3) is 0.917. The zero-order chi connectivity index (χ0) is 13.2. The van der Waals surface area contributed by atoms with Gasteiger partial charge in [-0.25, -0.2) is 10.3 Å². The van der Waals surface area contributed by atoms with Crippen LogP contribution in [0.15, 0.2) is 0 Å². The Hall–Kier alpha value is -0.610. The van der Waals surface area contributed by atoms with Gasteiger partial charge in [-0.3, -0.25) is 4.84 Å². The van der Waals surface area contributed by atoms with Crippen molar-refractivity contribution < 1.29 is 14.4 Å². The third-order valence-corrected chi connectivity index (χ3v) is 3.00. The van der Waals surface area contributed by atoms with Crippen LogP contribution in [0.1, 0.15) is 48.5 Å². The van der Waals surface area contributed by atoms with Crippen LogP contribution in [0, 0.1) is 5.41 Å². The zero-order valence-electron chi connectivity index (χ0n) is 11.7. The van der Waals surface area contributed by atoms with Crippen LogP contribution in [-0.4, -0.2) is 24.2 Å². The molecule has 1 N–H and O–H groups in total. The molecule has 0 radical (unpaired) electrons. The summed E-state index contributed by atoms with van der Waals surface area (Å²) < 4.78 is 5.52. The van der Waals surface area contributed by atoms with Gasteiger partial charge < -0.3 is 4.74 Å². The smallest absolute Gasteiger partial charge is 0.340 e. The van der Waals surface area contributed by atoms with Gasteiger partial charge in [-0.15, -0.1) is 0 Å². The van der Waals surface area contributed by atoms with Crippen LogP contribution in [-0.2, 0) is 14.4 Å². The molecule has 0 aromatic rings. The first-order valence-corrected chi connectivity index (χ1v) is 5.52. The zero-order valence-corrected chi connectivity index (χ0v) is 11.7. The van der Waals surface area contributed by atoms with Gasteiger partial charge in [0.25, 0.3) is 0 Å². The Kier molecular flexibility index (Phi) is 4.54. The Balaban J connectivity index is 4.69. The van der Waals surface area contributed by atoms with E-state index < -0.39 is 11.2 Å². The van der Waals surface area contributed by atoms with Gasteiger partial charge in [-0.05, 0) is 27.7 Å². The first kappa shape index (κ1) is 15.4. The average Bonchev–Trinajstić information content (AvgIpc) is 2.00. The normalized spacial score (nSPS) is 13.8. The molecule has 0 aliphatic carbocycles. The van der Waals surface area contributed by atoms with Gasteiger partial charge >= 0.3 is 5.97 Å². The van der Waals surface area contributed by atoms with E-state index in [1.807, 2.05) is 34.6 Å². The van der Waals surface area contributed by atoms with Gasteiger partial charge in [-0.2, -0.15) is 0 Å². The monoisotopic (exact) mass is 231 g/mol. The minimum Gasteiger partial charge on any atom is -0.457 e.